The summed E-state index contributed by atoms with van der Waals surface area (Å²) in [6, 6.07) is 0.438. The fourth-order valence-corrected chi connectivity index (χ4v) is 2.24. The molecule has 2 aliphatic rings. The van der Waals surface area contributed by atoms with Crippen LogP contribution in [-0.2, 0) is 9.59 Å². The highest BCUT2D eigenvalue weighted by molar-refractivity contribution is 6.35. The summed E-state index contributed by atoms with van der Waals surface area (Å²) in [5.74, 6) is -0.419. The molecular formula is C12H20N2O2. The third kappa shape index (κ3) is 2.97. The van der Waals surface area contributed by atoms with E-state index >= 15 is 0 Å². The van der Waals surface area contributed by atoms with Crippen LogP contribution < -0.4 is 10.6 Å². The molecule has 2 saturated carbocycles. The number of nitrogens with one attached hydrogen (secondary N) is 2. The molecule has 4 heteroatoms. The Balaban J connectivity index is 1.78. The molecule has 2 atom stereocenters. The van der Waals surface area contributed by atoms with Crippen molar-refractivity contribution in [2.24, 2.45) is 5.92 Å². The van der Waals surface area contributed by atoms with Crippen LogP contribution in [-0.4, -0.2) is 23.9 Å². The van der Waals surface area contributed by atoms with Crippen LogP contribution in [0.2, 0.25) is 0 Å². The standard InChI is InChI=1S/C12H20N2O2/c1-8-4-2-3-5-10(8)14-12(16)11(15)13-9-6-7-9/h8-10H,2-7H2,1H3,(H,13,15)(H,14,16)/t8-,10-/m1/s1. The molecule has 0 spiro atoms. The van der Waals surface area contributed by atoms with E-state index in [9.17, 15) is 9.59 Å². The van der Waals surface area contributed by atoms with Crippen LogP contribution >= 0.6 is 0 Å². The molecule has 0 radical (unpaired) electrons. The predicted octanol–water partition coefficient (Wildman–Crippen LogP) is 0.960. The van der Waals surface area contributed by atoms with Crippen molar-refractivity contribution in [1.82, 2.24) is 10.6 Å². The maximum absolute atomic E-state index is 11.6. The highest BCUT2D eigenvalue weighted by atomic mass is 16.2. The summed E-state index contributed by atoms with van der Waals surface area (Å²) in [6.45, 7) is 2.14. The van der Waals surface area contributed by atoms with Crippen LogP contribution in [0, 0.1) is 5.92 Å². The summed E-state index contributed by atoms with van der Waals surface area (Å²) in [5, 5.41) is 5.56. The van der Waals surface area contributed by atoms with Crippen molar-refractivity contribution in [2.45, 2.75) is 57.5 Å². The van der Waals surface area contributed by atoms with Gasteiger partial charge in [0.05, 0.1) is 0 Å². The molecule has 2 amide bonds. The van der Waals surface area contributed by atoms with Crippen molar-refractivity contribution < 1.29 is 9.59 Å². The van der Waals surface area contributed by atoms with E-state index in [-0.39, 0.29) is 12.1 Å². The number of carbonyl (C=O) groups is 2. The minimum Gasteiger partial charge on any atom is -0.345 e. The van der Waals surface area contributed by atoms with Crippen molar-refractivity contribution in [3.63, 3.8) is 0 Å². The van der Waals surface area contributed by atoms with E-state index in [1.54, 1.807) is 0 Å². The average molecular weight is 224 g/mol. The summed E-state index contributed by atoms with van der Waals surface area (Å²) >= 11 is 0. The molecule has 0 saturated heterocycles. The molecule has 0 aromatic carbocycles. The Morgan fingerprint density at radius 2 is 1.56 bits per heavy atom. The molecule has 0 aromatic rings. The van der Waals surface area contributed by atoms with Gasteiger partial charge < -0.3 is 10.6 Å². The van der Waals surface area contributed by atoms with Gasteiger partial charge in [0.15, 0.2) is 0 Å². The molecule has 0 aromatic heterocycles. The zero-order chi connectivity index (χ0) is 11.5. The Morgan fingerprint density at radius 1 is 0.938 bits per heavy atom. The van der Waals surface area contributed by atoms with Crippen LogP contribution in [0.3, 0.4) is 0 Å². The summed E-state index contributed by atoms with van der Waals surface area (Å²) in [6.07, 6.45) is 6.57. The van der Waals surface area contributed by atoms with Crippen molar-refractivity contribution in [2.75, 3.05) is 0 Å². The van der Waals surface area contributed by atoms with Crippen LogP contribution in [0.15, 0.2) is 0 Å². The molecule has 16 heavy (non-hydrogen) atoms. The lowest BCUT2D eigenvalue weighted by Gasteiger charge is -2.29. The zero-order valence-corrected chi connectivity index (χ0v) is 9.79. The summed E-state index contributed by atoms with van der Waals surface area (Å²) in [4.78, 5) is 23.0. The lowest BCUT2D eigenvalue weighted by molar-refractivity contribution is -0.140. The molecule has 4 nitrogen and oxygen atoms in total. The van der Waals surface area contributed by atoms with E-state index in [1.165, 1.54) is 6.42 Å². The molecule has 2 N–H and O–H groups in total. The quantitative estimate of drug-likeness (QED) is 0.686. The average Bonchev–Trinajstić information content (AvgIpc) is 3.05. The van der Waals surface area contributed by atoms with E-state index in [0.29, 0.717) is 5.92 Å². The van der Waals surface area contributed by atoms with Gasteiger partial charge in [-0.05, 0) is 31.6 Å². The van der Waals surface area contributed by atoms with Gasteiger partial charge in [-0.1, -0.05) is 19.8 Å². The van der Waals surface area contributed by atoms with Crippen LogP contribution in [0.25, 0.3) is 0 Å². The molecule has 2 rings (SSSR count). The topological polar surface area (TPSA) is 58.2 Å². The molecule has 2 fully saturated rings. The number of rotatable bonds is 2. The lowest BCUT2D eigenvalue weighted by atomic mass is 9.86. The van der Waals surface area contributed by atoms with E-state index < -0.39 is 11.8 Å². The minimum atomic E-state index is -0.458. The minimum absolute atomic E-state index is 0.186. The second-order valence-electron chi connectivity index (χ2n) is 5.09. The van der Waals surface area contributed by atoms with Gasteiger partial charge >= 0.3 is 11.8 Å². The molecule has 0 bridgehead atoms. The van der Waals surface area contributed by atoms with Crippen LogP contribution in [0.4, 0.5) is 0 Å². The van der Waals surface area contributed by atoms with Crippen LogP contribution in [0.5, 0.6) is 0 Å². The lowest BCUT2D eigenvalue weighted by Crippen LogP contribution is -2.48. The van der Waals surface area contributed by atoms with E-state index in [4.69, 9.17) is 0 Å². The largest absolute Gasteiger partial charge is 0.345 e. The first-order chi connectivity index (χ1) is 7.66. The second kappa shape index (κ2) is 4.85. The second-order valence-corrected chi connectivity index (χ2v) is 5.09. The van der Waals surface area contributed by atoms with Gasteiger partial charge in [0.25, 0.3) is 0 Å². The molecule has 2 aliphatic carbocycles. The molecule has 0 heterocycles. The van der Waals surface area contributed by atoms with Gasteiger partial charge in [-0.25, -0.2) is 0 Å². The van der Waals surface area contributed by atoms with Crippen molar-refractivity contribution in [1.29, 1.82) is 0 Å². The number of hydrogen-bond donors (Lipinski definition) is 2. The first-order valence-corrected chi connectivity index (χ1v) is 6.28. The van der Waals surface area contributed by atoms with Gasteiger partial charge in [-0.15, -0.1) is 0 Å². The molecule has 90 valence electrons. The highest BCUT2D eigenvalue weighted by Gasteiger charge is 2.29. The smallest absolute Gasteiger partial charge is 0.309 e. The maximum Gasteiger partial charge on any atom is 0.309 e. The first-order valence-electron chi connectivity index (χ1n) is 6.28. The Morgan fingerprint density at radius 3 is 2.19 bits per heavy atom. The predicted molar refractivity (Wildman–Crippen MR) is 60.7 cm³/mol. The van der Waals surface area contributed by atoms with Gasteiger partial charge in [0.1, 0.15) is 0 Å². The van der Waals surface area contributed by atoms with Crippen molar-refractivity contribution in [3.8, 4) is 0 Å². The molecule has 0 aliphatic heterocycles. The number of amides is 2. The number of carbonyl (C=O) groups excluding carboxylic acids is 2. The van der Waals surface area contributed by atoms with Crippen LogP contribution in [0.1, 0.15) is 45.4 Å². The first kappa shape index (κ1) is 11.4. The van der Waals surface area contributed by atoms with Gasteiger partial charge in [0, 0.05) is 12.1 Å². The third-order valence-corrected chi connectivity index (χ3v) is 3.55. The normalized spacial score (nSPS) is 29.6. The summed E-state index contributed by atoms with van der Waals surface area (Å²) < 4.78 is 0. The van der Waals surface area contributed by atoms with Crippen molar-refractivity contribution in [3.05, 3.63) is 0 Å². The Kier molecular flexibility index (Phi) is 3.46. The maximum atomic E-state index is 11.6. The molecule has 0 unspecified atom stereocenters. The fraction of sp³-hybridized carbons (Fsp3) is 0.833. The fourth-order valence-electron chi connectivity index (χ4n) is 2.24. The van der Waals surface area contributed by atoms with E-state index in [2.05, 4.69) is 17.6 Å². The summed E-state index contributed by atoms with van der Waals surface area (Å²) in [5.41, 5.74) is 0. The molecular weight excluding hydrogens is 204 g/mol. The zero-order valence-electron chi connectivity index (χ0n) is 9.79. The van der Waals surface area contributed by atoms with Gasteiger partial charge in [0.2, 0.25) is 0 Å². The van der Waals surface area contributed by atoms with E-state index in [0.717, 1.165) is 32.1 Å². The Bertz CT molecular complexity index is 287. The Hall–Kier alpha value is -1.06. The van der Waals surface area contributed by atoms with Gasteiger partial charge in [-0.2, -0.15) is 0 Å². The Labute approximate surface area is 96.2 Å². The van der Waals surface area contributed by atoms with Gasteiger partial charge in [-0.3, -0.25) is 9.59 Å². The highest BCUT2D eigenvalue weighted by Crippen LogP contribution is 2.23. The SMILES string of the molecule is C[C@@H]1CCCC[C@H]1NC(=O)C(=O)NC1CC1. The number of hydrogen-bond acceptors (Lipinski definition) is 2. The third-order valence-electron chi connectivity index (χ3n) is 3.55. The monoisotopic (exact) mass is 224 g/mol. The van der Waals surface area contributed by atoms with E-state index in [1.807, 2.05) is 0 Å². The summed E-state index contributed by atoms with van der Waals surface area (Å²) in [7, 11) is 0. The van der Waals surface area contributed by atoms with Crippen molar-refractivity contribution >= 4 is 11.8 Å².